The van der Waals surface area contributed by atoms with Crippen LogP contribution in [0.1, 0.15) is 10.5 Å². The molecule has 4 rings (SSSR count). The molecular weight excluding hydrogens is 385 g/mol. The highest BCUT2D eigenvalue weighted by Gasteiger charge is 2.17. The van der Waals surface area contributed by atoms with Gasteiger partial charge in [-0.25, -0.2) is 15.0 Å². The van der Waals surface area contributed by atoms with Crippen LogP contribution in [0.15, 0.2) is 61.2 Å². The minimum atomic E-state index is -0.267. The maximum atomic E-state index is 12.8. The second kappa shape index (κ2) is 6.98. The minimum Gasteiger partial charge on any atom is -0.309 e. The number of carbonyl (C=O) groups excluding carboxylic acids is 1. The number of benzene rings is 1. The van der Waals surface area contributed by atoms with E-state index >= 15 is 0 Å². The van der Waals surface area contributed by atoms with Crippen LogP contribution in [0.25, 0.3) is 16.9 Å². The third-order valence-corrected chi connectivity index (χ3v) is 4.63. The van der Waals surface area contributed by atoms with Gasteiger partial charge in [0, 0.05) is 23.8 Å². The molecule has 0 saturated carbocycles. The number of hydrogen-bond donors (Lipinski definition) is 0. The third-order valence-electron chi connectivity index (χ3n) is 4.16. The van der Waals surface area contributed by atoms with Gasteiger partial charge in [0.05, 0.1) is 30.0 Å². The Balaban J connectivity index is 1.72. The van der Waals surface area contributed by atoms with Crippen LogP contribution < -0.4 is 4.90 Å². The zero-order valence-corrected chi connectivity index (χ0v) is 15.7. The van der Waals surface area contributed by atoms with Crippen molar-refractivity contribution in [3.05, 3.63) is 77.1 Å². The highest BCUT2D eigenvalue weighted by Crippen LogP contribution is 2.23. The van der Waals surface area contributed by atoms with Crippen molar-refractivity contribution in [3.8, 4) is 11.3 Å². The van der Waals surface area contributed by atoms with Crippen molar-refractivity contribution in [3.63, 3.8) is 0 Å². The van der Waals surface area contributed by atoms with Crippen molar-refractivity contribution in [2.45, 2.75) is 0 Å². The summed E-state index contributed by atoms with van der Waals surface area (Å²) in [7, 11) is 1.66. The number of imidazole rings is 1. The SMILES string of the molecule is CN(C(=O)c1cn2c(-c3ccc(Cl)cc3)cnc2cn1)c1ccc(Cl)nc1. The van der Waals surface area contributed by atoms with E-state index in [9.17, 15) is 4.79 Å². The molecule has 0 bridgehead atoms. The molecule has 0 saturated heterocycles. The van der Waals surface area contributed by atoms with E-state index in [4.69, 9.17) is 23.2 Å². The maximum absolute atomic E-state index is 12.8. The molecule has 27 heavy (non-hydrogen) atoms. The van der Waals surface area contributed by atoms with E-state index in [0.29, 0.717) is 21.5 Å². The van der Waals surface area contributed by atoms with Crippen LogP contribution in [-0.4, -0.2) is 32.3 Å². The summed E-state index contributed by atoms with van der Waals surface area (Å²) >= 11 is 11.8. The van der Waals surface area contributed by atoms with Crippen molar-refractivity contribution in [2.75, 3.05) is 11.9 Å². The number of pyridine rings is 1. The Morgan fingerprint density at radius 3 is 2.44 bits per heavy atom. The Labute approximate surface area is 165 Å². The number of aromatic nitrogens is 4. The maximum Gasteiger partial charge on any atom is 0.278 e. The van der Waals surface area contributed by atoms with E-state index in [1.165, 1.54) is 11.1 Å². The van der Waals surface area contributed by atoms with Gasteiger partial charge in [-0.15, -0.1) is 0 Å². The highest BCUT2D eigenvalue weighted by molar-refractivity contribution is 6.30. The zero-order valence-electron chi connectivity index (χ0n) is 14.2. The Kier molecular flexibility index (Phi) is 4.51. The second-order valence-electron chi connectivity index (χ2n) is 5.85. The smallest absolute Gasteiger partial charge is 0.278 e. The lowest BCUT2D eigenvalue weighted by Crippen LogP contribution is -2.27. The molecule has 8 heteroatoms. The van der Waals surface area contributed by atoms with Gasteiger partial charge in [0.15, 0.2) is 5.65 Å². The van der Waals surface area contributed by atoms with Crippen molar-refractivity contribution in [2.24, 2.45) is 0 Å². The van der Waals surface area contributed by atoms with Crippen LogP contribution in [0, 0.1) is 0 Å². The summed E-state index contributed by atoms with van der Waals surface area (Å²) in [5.41, 5.74) is 3.33. The fraction of sp³-hybridized carbons (Fsp3) is 0.0526. The van der Waals surface area contributed by atoms with Gasteiger partial charge in [-0.2, -0.15) is 0 Å². The number of hydrogen-bond acceptors (Lipinski definition) is 4. The lowest BCUT2D eigenvalue weighted by molar-refractivity contribution is 0.0987. The number of amides is 1. The molecule has 0 fully saturated rings. The summed E-state index contributed by atoms with van der Waals surface area (Å²) in [4.78, 5) is 26.9. The molecule has 6 nitrogen and oxygen atoms in total. The summed E-state index contributed by atoms with van der Waals surface area (Å²) in [5.74, 6) is -0.267. The van der Waals surface area contributed by atoms with Crippen molar-refractivity contribution >= 4 is 40.4 Å². The number of nitrogens with zero attached hydrogens (tertiary/aromatic N) is 5. The average Bonchev–Trinajstić information content (AvgIpc) is 3.11. The number of carbonyl (C=O) groups is 1. The largest absolute Gasteiger partial charge is 0.309 e. The molecule has 0 spiro atoms. The van der Waals surface area contributed by atoms with E-state index in [-0.39, 0.29) is 11.6 Å². The molecular formula is C19H13Cl2N5O. The van der Waals surface area contributed by atoms with Gasteiger partial charge in [-0.05, 0) is 24.3 Å². The Bertz CT molecular complexity index is 1120. The summed E-state index contributed by atoms with van der Waals surface area (Å²) in [5, 5.41) is 1.02. The second-order valence-corrected chi connectivity index (χ2v) is 6.68. The molecule has 0 N–H and O–H groups in total. The predicted octanol–water partition coefficient (Wildman–Crippen LogP) is 4.37. The first-order valence-electron chi connectivity index (χ1n) is 8.01. The first-order valence-corrected chi connectivity index (χ1v) is 8.77. The molecule has 0 aliphatic rings. The van der Waals surface area contributed by atoms with E-state index in [1.54, 1.807) is 37.8 Å². The van der Waals surface area contributed by atoms with Gasteiger partial charge < -0.3 is 4.90 Å². The van der Waals surface area contributed by atoms with E-state index in [2.05, 4.69) is 15.0 Å². The molecule has 4 aromatic rings. The van der Waals surface area contributed by atoms with Gasteiger partial charge >= 0.3 is 0 Å². The summed E-state index contributed by atoms with van der Waals surface area (Å²) in [6.45, 7) is 0. The van der Waals surface area contributed by atoms with Crippen LogP contribution >= 0.6 is 23.2 Å². The number of rotatable bonds is 3. The summed E-state index contributed by atoms with van der Waals surface area (Å²) < 4.78 is 1.83. The molecule has 0 radical (unpaired) electrons. The molecule has 1 aromatic carbocycles. The Morgan fingerprint density at radius 2 is 1.74 bits per heavy atom. The first-order chi connectivity index (χ1) is 13.0. The van der Waals surface area contributed by atoms with Gasteiger partial charge in [0.2, 0.25) is 0 Å². The van der Waals surface area contributed by atoms with Gasteiger partial charge in [-0.3, -0.25) is 9.20 Å². The standard InChI is InChI=1S/C19H13Cl2N5O/c1-25(14-6-7-17(21)23-8-14)19(27)15-11-26-16(9-24-18(26)10-22-15)12-2-4-13(20)5-3-12/h2-11H,1H3. The van der Waals surface area contributed by atoms with Gasteiger partial charge in [-0.1, -0.05) is 35.3 Å². The summed E-state index contributed by atoms with van der Waals surface area (Å²) in [6, 6.07) is 10.8. The molecule has 3 heterocycles. The van der Waals surface area contributed by atoms with Crippen LogP contribution in [0.2, 0.25) is 10.2 Å². The fourth-order valence-electron chi connectivity index (χ4n) is 2.69. The fourth-order valence-corrected chi connectivity index (χ4v) is 2.93. The highest BCUT2D eigenvalue weighted by atomic mass is 35.5. The lowest BCUT2D eigenvalue weighted by Gasteiger charge is -2.16. The lowest BCUT2D eigenvalue weighted by atomic mass is 10.2. The van der Waals surface area contributed by atoms with Crippen LogP contribution in [-0.2, 0) is 0 Å². The van der Waals surface area contributed by atoms with E-state index in [1.807, 2.05) is 28.7 Å². The van der Waals surface area contributed by atoms with Crippen LogP contribution in [0.5, 0.6) is 0 Å². The summed E-state index contributed by atoms with van der Waals surface area (Å²) in [6.07, 6.45) is 6.52. The Hall–Kier alpha value is -2.96. The molecule has 0 aliphatic carbocycles. The minimum absolute atomic E-state index is 0.267. The van der Waals surface area contributed by atoms with Crippen molar-refractivity contribution in [1.29, 1.82) is 0 Å². The number of halogens is 2. The van der Waals surface area contributed by atoms with Crippen LogP contribution in [0.3, 0.4) is 0 Å². The molecule has 134 valence electrons. The monoisotopic (exact) mass is 397 g/mol. The third kappa shape index (κ3) is 3.37. The normalized spacial score (nSPS) is 10.9. The van der Waals surface area contributed by atoms with Crippen molar-refractivity contribution < 1.29 is 4.79 Å². The topological polar surface area (TPSA) is 63.4 Å². The van der Waals surface area contributed by atoms with Gasteiger partial charge in [0.1, 0.15) is 10.8 Å². The number of fused-ring (bicyclic) bond motifs is 1. The number of anilines is 1. The van der Waals surface area contributed by atoms with Crippen LogP contribution in [0.4, 0.5) is 5.69 Å². The first kappa shape index (κ1) is 17.5. The van der Waals surface area contributed by atoms with E-state index < -0.39 is 0 Å². The molecule has 3 aromatic heterocycles. The molecule has 0 aliphatic heterocycles. The molecule has 1 amide bonds. The molecule has 0 unspecified atom stereocenters. The quantitative estimate of drug-likeness (QED) is 0.481. The van der Waals surface area contributed by atoms with E-state index in [0.717, 1.165) is 11.3 Å². The van der Waals surface area contributed by atoms with Gasteiger partial charge in [0.25, 0.3) is 5.91 Å². The average molecular weight is 398 g/mol. The van der Waals surface area contributed by atoms with Crippen molar-refractivity contribution in [1.82, 2.24) is 19.4 Å². The zero-order chi connectivity index (χ0) is 19.0. The predicted molar refractivity (Wildman–Crippen MR) is 105 cm³/mol. The molecule has 0 atom stereocenters. The Morgan fingerprint density at radius 1 is 0.963 bits per heavy atom.